The van der Waals surface area contributed by atoms with E-state index in [1.54, 1.807) is 31.4 Å². The van der Waals surface area contributed by atoms with Gasteiger partial charge in [0.1, 0.15) is 6.61 Å². The van der Waals surface area contributed by atoms with Crippen LogP contribution in [-0.4, -0.2) is 25.1 Å². The first kappa shape index (κ1) is 25.0. The molecule has 0 aliphatic heterocycles. The SMILES string of the molecule is COc1cc(/C=N/NC(=O)C(=O)Nc2cc(C)cc(C)c2)cc(Br)c1OCc1ccccc1C. The number of rotatable bonds is 7. The van der Waals surface area contributed by atoms with Gasteiger partial charge >= 0.3 is 11.8 Å². The van der Waals surface area contributed by atoms with Crippen LogP contribution in [0.15, 0.2) is 64.2 Å². The molecule has 0 aliphatic carbocycles. The van der Waals surface area contributed by atoms with Crippen LogP contribution in [-0.2, 0) is 16.2 Å². The molecule has 0 saturated heterocycles. The lowest BCUT2D eigenvalue weighted by Gasteiger charge is -2.14. The molecule has 0 aromatic heterocycles. The first-order chi connectivity index (χ1) is 16.3. The van der Waals surface area contributed by atoms with Crippen molar-refractivity contribution in [1.29, 1.82) is 0 Å². The molecule has 34 heavy (non-hydrogen) atoms. The molecule has 0 radical (unpaired) electrons. The second kappa shape index (κ2) is 11.5. The van der Waals surface area contributed by atoms with Gasteiger partial charge in [-0.05, 0) is 88.8 Å². The molecule has 3 aromatic carbocycles. The maximum absolute atomic E-state index is 12.1. The number of amides is 2. The maximum Gasteiger partial charge on any atom is 0.329 e. The van der Waals surface area contributed by atoms with Crippen molar-refractivity contribution in [3.8, 4) is 11.5 Å². The molecule has 3 aromatic rings. The van der Waals surface area contributed by atoms with E-state index in [2.05, 4.69) is 31.8 Å². The Morgan fingerprint density at radius 1 is 1.00 bits per heavy atom. The predicted octanol–water partition coefficient (Wildman–Crippen LogP) is 5.05. The number of halogens is 1. The van der Waals surface area contributed by atoms with E-state index in [0.717, 1.165) is 22.3 Å². The lowest BCUT2D eigenvalue weighted by Crippen LogP contribution is -2.32. The molecule has 0 fully saturated rings. The quantitative estimate of drug-likeness (QED) is 0.257. The van der Waals surface area contributed by atoms with Crippen LogP contribution in [0, 0.1) is 20.8 Å². The van der Waals surface area contributed by atoms with E-state index in [4.69, 9.17) is 9.47 Å². The van der Waals surface area contributed by atoms with E-state index in [1.807, 2.05) is 51.1 Å². The van der Waals surface area contributed by atoms with Crippen LogP contribution < -0.4 is 20.2 Å². The molecule has 3 rings (SSSR count). The van der Waals surface area contributed by atoms with Gasteiger partial charge in [-0.2, -0.15) is 5.10 Å². The van der Waals surface area contributed by atoms with E-state index in [9.17, 15) is 9.59 Å². The predicted molar refractivity (Wildman–Crippen MR) is 136 cm³/mol. The maximum atomic E-state index is 12.1. The number of anilines is 1. The second-order valence-electron chi connectivity index (χ2n) is 7.78. The summed E-state index contributed by atoms with van der Waals surface area (Å²) in [6.07, 6.45) is 1.42. The highest BCUT2D eigenvalue weighted by Crippen LogP contribution is 2.37. The fourth-order valence-electron chi connectivity index (χ4n) is 3.33. The van der Waals surface area contributed by atoms with Crippen molar-refractivity contribution < 1.29 is 19.1 Å². The lowest BCUT2D eigenvalue weighted by atomic mass is 10.1. The summed E-state index contributed by atoms with van der Waals surface area (Å²) in [5.74, 6) is -0.622. The first-order valence-corrected chi connectivity index (χ1v) is 11.3. The molecule has 0 saturated carbocycles. The summed E-state index contributed by atoms with van der Waals surface area (Å²) in [5.41, 5.74) is 7.61. The summed E-state index contributed by atoms with van der Waals surface area (Å²) in [6, 6.07) is 17.0. The van der Waals surface area contributed by atoms with Crippen LogP contribution >= 0.6 is 15.9 Å². The molecule has 8 heteroatoms. The number of benzene rings is 3. The summed E-state index contributed by atoms with van der Waals surface area (Å²) in [5, 5.41) is 6.46. The van der Waals surface area contributed by atoms with Crippen molar-refractivity contribution in [3.63, 3.8) is 0 Å². The third kappa shape index (κ3) is 6.68. The molecular formula is C26H26BrN3O4. The zero-order valence-corrected chi connectivity index (χ0v) is 21.0. The molecule has 0 spiro atoms. The minimum atomic E-state index is -0.875. The Labute approximate surface area is 207 Å². The van der Waals surface area contributed by atoms with Gasteiger partial charge in [-0.3, -0.25) is 9.59 Å². The van der Waals surface area contributed by atoms with Crippen molar-refractivity contribution in [2.24, 2.45) is 5.10 Å². The van der Waals surface area contributed by atoms with Crippen LogP contribution in [0.25, 0.3) is 0 Å². The Hall–Kier alpha value is -3.65. The normalized spacial score (nSPS) is 10.7. The zero-order valence-electron chi connectivity index (χ0n) is 19.4. The van der Waals surface area contributed by atoms with Gasteiger partial charge in [0.2, 0.25) is 0 Å². The minimum Gasteiger partial charge on any atom is -0.493 e. The number of aryl methyl sites for hydroxylation is 3. The van der Waals surface area contributed by atoms with E-state index in [-0.39, 0.29) is 0 Å². The van der Waals surface area contributed by atoms with Crippen molar-refractivity contribution in [1.82, 2.24) is 5.43 Å². The summed E-state index contributed by atoms with van der Waals surface area (Å²) >= 11 is 3.51. The molecule has 0 unspecified atom stereocenters. The van der Waals surface area contributed by atoms with Gasteiger partial charge < -0.3 is 14.8 Å². The molecule has 0 aliphatic rings. The fourth-order valence-corrected chi connectivity index (χ4v) is 3.90. The highest BCUT2D eigenvalue weighted by molar-refractivity contribution is 9.10. The molecule has 2 amide bonds. The molecule has 7 nitrogen and oxygen atoms in total. The highest BCUT2D eigenvalue weighted by Gasteiger charge is 2.14. The molecule has 0 atom stereocenters. The fraction of sp³-hybridized carbons (Fsp3) is 0.192. The zero-order chi connectivity index (χ0) is 24.7. The number of ether oxygens (including phenoxy) is 2. The Morgan fingerprint density at radius 3 is 2.38 bits per heavy atom. The smallest absolute Gasteiger partial charge is 0.329 e. The number of hydrogen-bond acceptors (Lipinski definition) is 5. The van der Waals surface area contributed by atoms with E-state index in [1.165, 1.54) is 6.21 Å². The van der Waals surface area contributed by atoms with Crippen LogP contribution in [0.4, 0.5) is 5.69 Å². The standard InChI is InChI=1S/C26H26BrN3O4/c1-16-9-17(2)11-21(10-16)29-25(31)26(32)30-28-14-19-12-22(27)24(23(13-19)33-4)34-15-20-8-6-5-7-18(20)3/h5-14H,15H2,1-4H3,(H,29,31)(H,30,32)/b28-14+. The van der Waals surface area contributed by atoms with Gasteiger partial charge in [0.15, 0.2) is 11.5 Å². The van der Waals surface area contributed by atoms with E-state index >= 15 is 0 Å². The highest BCUT2D eigenvalue weighted by atomic mass is 79.9. The van der Waals surface area contributed by atoms with Crippen LogP contribution in [0.5, 0.6) is 11.5 Å². The van der Waals surface area contributed by atoms with Gasteiger partial charge in [0, 0.05) is 5.69 Å². The van der Waals surface area contributed by atoms with Gasteiger partial charge in [-0.15, -0.1) is 0 Å². The topological polar surface area (TPSA) is 89.0 Å². The number of hydrazone groups is 1. The average molecular weight is 524 g/mol. The van der Waals surface area contributed by atoms with Crippen LogP contribution in [0.3, 0.4) is 0 Å². The number of carbonyl (C=O) groups excluding carboxylic acids is 2. The van der Waals surface area contributed by atoms with Crippen molar-refractivity contribution >= 4 is 39.6 Å². The Balaban J connectivity index is 1.63. The summed E-state index contributed by atoms with van der Waals surface area (Å²) in [4.78, 5) is 24.3. The van der Waals surface area contributed by atoms with Gasteiger partial charge in [0.25, 0.3) is 0 Å². The summed E-state index contributed by atoms with van der Waals surface area (Å²) in [6.45, 7) is 6.25. The largest absolute Gasteiger partial charge is 0.493 e. The van der Waals surface area contributed by atoms with Gasteiger partial charge in [-0.1, -0.05) is 30.3 Å². The Kier molecular flexibility index (Phi) is 8.43. The summed E-state index contributed by atoms with van der Waals surface area (Å²) < 4.78 is 12.1. The molecular weight excluding hydrogens is 498 g/mol. The minimum absolute atomic E-state index is 0.390. The molecule has 2 N–H and O–H groups in total. The molecule has 176 valence electrons. The number of hydrogen-bond donors (Lipinski definition) is 2. The van der Waals surface area contributed by atoms with Gasteiger partial charge in [-0.25, -0.2) is 5.43 Å². The van der Waals surface area contributed by atoms with Crippen LogP contribution in [0.2, 0.25) is 0 Å². The van der Waals surface area contributed by atoms with Gasteiger partial charge in [0.05, 0.1) is 17.8 Å². The Bertz CT molecular complexity index is 1220. The molecule has 0 heterocycles. The summed E-state index contributed by atoms with van der Waals surface area (Å²) in [7, 11) is 1.54. The van der Waals surface area contributed by atoms with Crippen molar-refractivity contribution in [2.75, 3.05) is 12.4 Å². The van der Waals surface area contributed by atoms with E-state index in [0.29, 0.717) is 33.8 Å². The lowest BCUT2D eigenvalue weighted by molar-refractivity contribution is -0.136. The second-order valence-corrected chi connectivity index (χ2v) is 8.63. The number of nitrogens with one attached hydrogen (secondary N) is 2. The third-order valence-corrected chi connectivity index (χ3v) is 5.54. The average Bonchev–Trinajstić information content (AvgIpc) is 2.78. The van der Waals surface area contributed by atoms with Crippen LogP contribution in [0.1, 0.15) is 27.8 Å². The Morgan fingerprint density at radius 2 is 1.71 bits per heavy atom. The van der Waals surface area contributed by atoms with Crippen molar-refractivity contribution in [3.05, 3.63) is 86.9 Å². The number of methoxy groups -OCH3 is 1. The van der Waals surface area contributed by atoms with Crippen molar-refractivity contribution in [2.45, 2.75) is 27.4 Å². The molecule has 0 bridgehead atoms. The van der Waals surface area contributed by atoms with E-state index < -0.39 is 11.8 Å². The monoisotopic (exact) mass is 523 g/mol. The third-order valence-electron chi connectivity index (χ3n) is 4.95. The number of nitrogens with zero attached hydrogens (tertiary/aromatic N) is 1. The number of carbonyl (C=O) groups is 2. The first-order valence-electron chi connectivity index (χ1n) is 10.5.